The Morgan fingerprint density at radius 2 is 1.70 bits per heavy atom. The van der Waals surface area contributed by atoms with Crippen molar-refractivity contribution in [2.45, 2.75) is 33.1 Å². The van der Waals surface area contributed by atoms with Crippen LogP contribution in [0.3, 0.4) is 0 Å². The van der Waals surface area contributed by atoms with Gasteiger partial charge in [0.25, 0.3) is 5.91 Å². The molecule has 7 heteroatoms. The molecular formula is C23H29N3O3S. The van der Waals surface area contributed by atoms with E-state index in [2.05, 4.69) is 36.2 Å². The van der Waals surface area contributed by atoms with Crippen LogP contribution in [-0.2, 0) is 9.53 Å². The predicted octanol–water partition coefficient (Wildman–Crippen LogP) is 3.53. The van der Waals surface area contributed by atoms with Crippen LogP contribution in [-0.4, -0.2) is 66.0 Å². The molecule has 0 N–H and O–H groups in total. The lowest BCUT2D eigenvalue weighted by atomic mass is 9.92. The molecule has 2 aromatic rings. The second-order valence-corrected chi connectivity index (χ2v) is 9.23. The molecule has 2 saturated heterocycles. The standard InChI is InChI=1S/C23H29N3O3S/c1-16-3-5-19(6-4-16)22-24-17(2)21(30-22)23(28)26-9-7-18(8-10-26)15-20(27)25-11-13-29-14-12-25/h3-6,18H,7-15H2,1-2H3. The highest BCUT2D eigenvalue weighted by Gasteiger charge is 2.29. The van der Waals surface area contributed by atoms with Gasteiger partial charge in [-0.1, -0.05) is 29.8 Å². The number of nitrogens with zero attached hydrogens (tertiary/aromatic N) is 3. The van der Waals surface area contributed by atoms with Crippen LogP contribution in [0.5, 0.6) is 0 Å². The third-order valence-electron chi connectivity index (χ3n) is 6.02. The molecule has 0 atom stereocenters. The number of likely N-dealkylation sites (tertiary alicyclic amines) is 1. The molecule has 4 rings (SSSR count). The number of morpholine rings is 1. The van der Waals surface area contributed by atoms with Crippen LogP contribution in [0, 0.1) is 19.8 Å². The number of carbonyl (C=O) groups is 2. The van der Waals surface area contributed by atoms with Crippen LogP contribution >= 0.6 is 11.3 Å². The molecule has 1 aromatic carbocycles. The maximum absolute atomic E-state index is 13.1. The zero-order chi connectivity index (χ0) is 21.1. The Kier molecular flexibility index (Phi) is 6.49. The molecule has 0 saturated carbocycles. The Morgan fingerprint density at radius 1 is 1.03 bits per heavy atom. The third kappa shape index (κ3) is 4.73. The minimum Gasteiger partial charge on any atom is -0.378 e. The van der Waals surface area contributed by atoms with Crippen LogP contribution in [0.1, 0.15) is 40.2 Å². The number of rotatable bonds is 4. The van der Waals surface area contributed by atoms with Crippen LogP contribution in [0.4, 0.5) is 0 Å². The van der Waals surface area contributed by atoms with Crippen molar-refractivity contribution >= 4 is 23.2 Å². The Morgan fingerprint density at radius 3 is 2.37 bits per heavy atom. The van der Waals surface area contributed by atoms with Gasteiger partial charge in [0, 0.05) is 38.2 Å². The van der Waals surface area contributed by atoms with E-state index in [9.17, 15) is 9.59 Å². The summed E-state index contributed by atoms with van der Waals surface area (Å²) in [7, 11) is 0. The lowest BCUT2D eigenvalue weighted by Gasteiger charge is -2.33. The van der Waals surface area contributed by atoms with Crippen LogP contribution < -0.4 is 0 Å². The first-order valence-corrected chi connectivity index (χ1v) is 11.5. The summed E-state index contributed by atoms with van der Waals surface area (Å²) in [5.74, 6) is 0.653. The summed E-state index contributed by atoms with van der Waals surface area (Å²) in [6, 6.07) is 8.24. The molecule has 160 valence electrons. The lowest BCUT2D eigenvalue weighted by Crippen LogP contribution is -2.43. The first kappa shape index (κ1) is 21.0. The smallest absolute Gasteiger partial charge is 0.265 e. The first-order chi connectivity index (χ1) is 14.5. The van der Waals surface area contributed by atoms with Gasteiger partial charge in [-0.05, 0) is 32.6 Å². The molecule has 2 aliphatic rings. The summed E-state index contributed by atoms with van der Waals surface area (Å²) in [4.78, 5) is 34.8. The fourth-order valence-corrected chi connectivity index (χ4v) is 5.13. The molecule has 2 aliphatic heterocycles. The molecule has 2 amide bonds. The van der Waals surface area contributed by atoms with Gasteiger partial charge in [0.15, 0.2) is 0 Å². The Balaban J connectivity index is 1.34. The van der Waals surface area contributed by atoms with Gasteiger partial charge in [0.05, 0.1) is 18.9 Å². The van der Waals surface area contributed by atoms with Gasteiger partial charge in [-0.3, -0.25) is 9.59 Å². The van der Waals surface area contributed by atoms with E-state index in [-0.39, 0.29) is 11.8 Å². The number of carbonyl (C=O) groups excluding carboxylic acids is 2. The van der Waals surface area contributed by atoms with Crippen molar-refractivity contribution < 1.29 is 14.3 Å². The monoisotopic (exact) mass is 427 g/mol. The minimum atomic E-state index is 0.0707. The number of hydrogen-bond acceptors (Lipinski definition) is 5. The summed E-state index contributed by atoms with van der Waals surface area (Å²) in [6.45, 7) is 8.05. The summed E-state index contributed by atoms with van der Waals surface area (Å²) in [5, 5.41) is 0.891. The van der Waals surface area contributed by atoms with Gasteiger partial charge in [-0.15, -0.1) is 11.3 Å². The minimum absolute atomic E-state index is 0.0707. The van der Waals surface area contributed by atoms with Crippen molar-refractivity contribution in [3.05, 3.63) is 40.4 Å². The van der Waals surface area contributed by atoms with E-state index in [0.29, 0.717) is 51.7 Å². The maximum Gasteiger partial charge on any atom is 0.265 e. The number of amides is 2. The molecular weight excluding hydrogens is 398 g/mol. The highest BCUT2D eigenvalue weighted by molar-refractivity contribution is 7.17. The molecule has 0 bridgehead atoms. The molecule has 0 spiro atoms. The number of piperidine rings is 1. The molecule has 6 nitrogen and oxygen atoms in total. The summed E-state index contributed by atoms with van der Waals surface area (Å²) >= 11 is 1.48. The van der Waals surface area contributed by atoms with Crippen molar-refractivity contribution in [3.63, 3.8) is 0 Å². The molecule has 0 radical (unpaired) electrons. The molecule has 0 aliphatic carbocycles. The molecule has 1 aromatic heterocycles. The molecule has 2 fully saturated rings. The second kappa shape index (κ2) is 9.27. The zero-order valence-corrected chi connectivity index (χ0v) is 18.5. The summed E-state index contributed by atoms with van der Waals surface area (Å²) < 4.78 is 5.32. The van der Waals surface area contributed by atoms with Gasteiger partial charge >= 0.3 is 0 Å². The maximum atomic E-state index is 13.1. The van der Waals surface area contributed by atoms with Crippen LogP contribution in [0.25, 0.3) is 10.6 Å². The first-order valence-electron chi connectivity index (χ1n) is 10.7. The van der Waals surface area contributed by atoms with Crippen molar-refractivity contribution in [3.8, 4) is 10.6 Å². The van der Waals surface area contributed by atoms with E-state index in [1.54, 1.807) is 0 Å². The Labute approximate surface area is 181 Å². The normalized spacial score (nSPS) is 17.9. The van der Waals surface area contributed by atoms with Gasteiger partial charge < -0.3 is 14.5 Å². The summed E-state index contributed by atoms with van der Waals surface area (Å²) in [6.07, 6.45) is 2.34. The van der Waals surface area contributed by atoms with Crippen LogP contribution in [0.15, 0.2) is 24.3 Å². The third-order valence-corrected chi connectivity index (χ3v) is 7.21. The lowest BCUT2D eigenvalue weighted by molar-refractivity contribution is -0.136. The van der Waals surface area contributed by atoms with Crippen molar-refractivity contribution in [1.29, 1.82) is 0 Å². The van der Waals surface area contributed by atoms with Crippen molar-refractivity contribution in [2.75, 3.05) is 39.4 Å². The predicted molar refractivity (Wildman–Crippen MR) is 118 cm³/mol. The second-order valence-electron chi connectivity index (χ2n) is 8.23. The number of thiazole rings is 1. The highest BCUT2D eigenvalue weighted by Crippen LogP contribution is 2.30. The van der Waals surface area contributed by atoms with Crippen molar-refractivity contribution in [1.82, 2.24) is 14.8 Å². The molecule has 30 heavy (non-hydrogen) atoms. The van der Waals surface area contributed by atoms with E-state index < -0.39 is 0 Å². The van der Waals surface area contributed by atoms with E-state index in [0.717, 1.165) is 34.0 Å². The van der Waals surface area contributed by atoms with Crippen LogP contribution in [0.2, 0.25) is 0 Å². The largest absolute Gasteiger partial charge is 0.378 e. The number of ether oxygens (including phenoxy) is 1. The van der Waals surface area contributed by atoms with Gasteiger partial charge in [0.1, 0.15) is 9.88 Å². The SMILES string of the molecule is Cc1ccc(-c2nc(C)c(C(=O)N3CCC(CC(=O)N4CCOCC4)CC3)s2)cc1. The Bertz CT molecular complexity index is 895. The van der Waals surface area contributed by atoms with E-state index in [1.165, 1.54) is 16.9 Å². The number of benzene rings is 1. The van der Waals surface area contributed by atoms with E-state index in [4.69, 9.17) is 4.74 Å². The van der Waals surface area contributed by atoms with Gasteiger partial charge in [-0.2, -0.15) is 0 Å². The number of hydrogen-bond donors (Lipinski definition) is 0. The van der Waals surface area contributed by atoms with Gasteiger partial charge in [-0.25, -0.2) is 4.98 Å². The topological polar surface area (TPSA) is 62.7 Å². The van der Waals surface area contributed by atoms with E-state index in [1.807, 2.05) is 16.7 Å². The Hall–Kier alpha value is -2.25. The fraction of sp³-hybridized carbons (Fsp3) is 0.522. The van der Waals surface area contributed by atoms with Crippen molar-refractivity contribution in [2.24, 2.45) is 5.92 Å². The molecule has 3 heterocycles. The zero-order valence-electron chi connectivity index (χ0n) is 17.7. The summed E-state index contributed by atoms with van der Waals surface area (Å²) in [5.41, 5.74) is 3.05. The number of aryl methyl sites for hydroxylation is 2. The average Bonchev–Trinajstić information content (AvgIpc) is 3.16. The van der Waals surface area contributed by atoms with E-state index >= 15 is 0 Å². The number of aromatic nitrogens is 1. The van der Waals surface area contributed by atoms with Gasteiger partial charge in [0.2, 0.25) is 5.91 Å². The highest BCUT2D eigenvalue weighted by atomic mass is 32.1. The fourth-order valence-electron chi connectivity index (χ4n) is 4.09. The average molecular weight is 428 g/mol. The quantitative estimate of drug-likeness (QED) is 0.749. The molecule has 0 unspecified atom stereocenters.